The van der Waals surface area contributed by atoms with Crippen molar-refractivity contribution in [3.8, 4) is 0 Å². The minimum absolute atomic E-state index is 0.139. The summed E-state index contributed by atoms with van der Waals surface area (Å²) in [6.45, 7) is -0.679. The van der Waals surface area contributed by atoms with E-state index < -0.39 is 31.1 Å². The summed E-state index contributed by atoms with van der Waals surface area (Å²) < 4.78 is 8.72. The van der Waals surface area contributed by atoms with Crippen LogP contribution in [0.15, 0.2) is 0 Å². The van der Waals surface area contributed by atoms with E-state index in [0.29, 0.717) is 5.01 Å². The largest absolute Gasteiger partial charge is 0.466 e. The van der Waals surface area contributed by atoms with Gasteiger partial charge in [0.1, 0.15) is 6.54 Å². The van der Waals surface area contributed by atoms with Gasteiger partial charge in [-0.1, -0.05) is 0 Å². The summed E-state index contributed by atoms with van der Waals surface area (Å²) in [5, 5.41) is 1.33. The van der Waals surface area contributed by atoms with Crippen molar-refractivity contribution in [3.05, 3.63) is 0 Å². The van der Waals surface area contributed by atoms with Gasteiger partial charge in [-0.25, -0.2) is 26.3 Å². The summed E-state index contributed by atoms with van der Waals surface area (Å²) in [6, 6.07) is 0. The Kier molecular flexibility index (Phi) is 8.12. The van der Waals surface area contributed by atoms with Crippen molar-refractivity contribution >= 4 is 18.0 Å². The van der Waals surface area contributed by atoms with E-state index >= 15 is 0 Å². The molecule has 0 rings (SSSR count). The molecule has 0 saturated heterocycles. The SMILES string of the molecule is COC(=O)COC(=O)N(N)CC(=O)N(N)CCNN. The van der Waals surface area contributed by atoms with Crippen LogP contribution in [0.1, 0.15) is 0 Å². The van der Waals surface area contributed by atoms with Crippen LogP contribution in [-0.2, 0) is 19.1 Å². The molecule has 0 atom stereocenters. The Bertz CT molecular complexity index is 325. The van der Waals surface area contributed by atoms with Crippen molar-refractivity contribution in [2.75, 3.05) is 33.4 Å². The maximum absolute atomic E-state index is 11.5. The van der Waals surface area contributed by atoms with Crippen LogP contribution in [0, 0.1) is 0 Å². The van der Waals surface area contributed by atoms with Crippen molar-refractivity contribution in [2.45, 2.75) is 0 Å². The lowest BCUT2D eigenvalue weighted by Gasteiger charge is -2.20. The first-order valence-electron chi connectivity index (χ1n) is 5.16. The van der Waals surface area contributed by atoms with Crippen LogP contribution in [0.2, 0.25) is 0 Å². The molecule has 0 bridgehead atoms. The van der Waals surface area contributed by atoms with Gasteiger partial charge in [-0.3, -0.25) is 21.1 Å². The Morgan fingerprint density at radius 2 is 1.84 bits per heavy atom. The fourth-order valence-electron chi connectivity index (χ4n) is 0.873. The number of nitrogens with zero attached hydrogens (tertiary/aromatic N) is 2. The molecule has 0 heterocycles. The van der Waals surface area contributed by atoms with Gasteiger partial charge in [0.05, 0.1) is 13.7 Å². The van der Waals surface area contributed by atoms with E-state index in [4.69, 9.17) is 17.5 Å². The number of rotatable bonds is 7. The molecule has 11 heteroatoms. The van der Waals surface area contributed by atoms with E-state index in [1.807, 2.05) is 0 Å². The molecule has 2 amide bonds. The number of methoxy groups -OCH3 is 1. The van der Waals surface area contributed by atoms with Crippen molar-refractivity contribution in [2.24, 2.45) is 17.5 Å². The summed E-state index contributed by atoms with van der Waals surface area (Å²) in [5.74, 6) is 14.3. The third-order valence-corrected chi connectivity index (χ3v) is 1.90. The van der Waals surface area contributed by atoms with Gasteiger partial charge in [0.25, 0.3) is 5.91 Å². The zero-order chi connectivity index (χ0) is 14.8. The normalized spacial score (nSPS) is 9.68. The predicted molar refractivity (Wildman–Crippen MR) is 62.3 cm³/mol. The molecule has 0 spiro atoms. The number of nitrogens with two attached hydrogens (primary N) is 3. The number of hydrogen-bond acceptors (Lipinski definition) is 9. The lowest BCUT2D eigenvalue weighted by Crippen LogP contribution is -2.50. The number of hydrogen-bond donors (Lipinski definition) is 4. The summed E-state index contributed by atoms with van der Waals surface area (Å²) >= 11 is 0. The van der Waals surface area contributed by atoms with Crippen LogP contribution >= 0.6 is 0 Å². The smallest absolute Gasteiger partial charge is 0.425 e. The number of carbonyl (C=O) groups excluding carboxylic acids is 3. The van der Waals surface area contributed by atoms with Crippen LogP contribution in [0.3, 0.4) is 0 Å². The molecule has 7 N–H and O–H groups in total. The van der Waals surface area contributed by atoms with E-state index in [2.05, 4.69) is 14.9 Å². The second-order valence-corrected chi connectivity index (χ2v) is 3.30. The molecular formula is C8H18N6O5. The molecule has 0 aliphatic heterocycles. The molecule has 0 fully saturated rings. The predicted octanol–water partition coefficient (Wildman–Crippen LogP) is -3.36. The zero-order valence-corrected chi connectivity index (χ0v) is 10.5. The van der Waals surface area contributed by atoms with Gasteiger partial charge >= 0.3 is 12.1 Å². The second kappa shape index (κ2) is 9.04. The number of hydrazine groups is 3. The van der Waals surface area contributed by atoms with Gasteiger partial charge in [0.15, 0.2) is 6.61 Å². The van der Waals surface area contributed by atoms with E-state index in [-0.39, 0.29) is 13.1 Å². The third-order valence-electron chi connectivity index (χ3n) is 1.90. The Balaban J connectivity index is 4.06. The Morgan fingerprint density at radius 1 is 1.21 bits per heavy atom. The molecule has 0 aromatic rings. The first-order valence-corrected chi connectivity index (χ1v) is 5.16. The topological polar surface area (TPSA) is 166 Å². The highest BCUT2D eigenvalue weighted by atomic mass is 16.6. The molecule has 0 aromatic carbocycles. The van der Waals surface area contributed by atoms with Gasteiger partial charge in [0.2, 0.25) is 0 Å². The summed E-state index contributed by atoms with van der Waals surface area (Å²) in [4.78, 5) is 33.4. The van der Waals surface area contributed by atoms with Crippen LogP contribution in [-0.4, -0.2) is 61.3 Å². The average Bonchev–Trinajstić information content (AvgIpc) is 2.41. The number of amides is 2. The number of carbonyl (C=O) groups is 3. The van der Waals surface area contributed by atoms with Gasteiger partial charge in [-0.05, 0) is 0 Å². The highest BCUT2D eigenvalue weighted by Crippen LogP contribution is 1.90. The number of esters is 1. The summed E-state index contributed by atoms with van der Waals surface area (Å²) in [6.07, 6.45) is -1.05. The van der Waals surface area contributed by atoms with Crippen LogP contribution in [0.4, 0.5) is 4.79 Å². The first-order chi connectivity index (χ1) is 8.92. The van der Waals surface area contributed by atoms with Crippen molar-refractivity contribution in [1.82, 2.24) is 15.4 Å². The van der Waals surface area contributed by atoms with E-state index in [1.54, 1.807) is 0 Å². The molecule has 0 unspecified atom stereocenters. The number of nitrogens with one attached hydrogen (secondary N) is 1. The Morgan fingerprint density at radius 3 is 2.37 bits per heavy atom. The molecule has 110 valence electrons. The highest BCUT2D eigenvalue weighted by Gasteiger charge is 2.19. The van der Waals surface area contributed by atoms with E-state index in [1.165, 1.54) is 0 Å². The molecule has 0 aromatic heterocycles. The molecule has 0 aliphatic rings. The number of ether oxygens (including phenoxy) is 2. The molecule has 0 aliphatic carbocycles. The fraction of sp³-hybridized carbons (Fsp3) is 0.625. The summed E-state index contributed by atoms with van der Waals surface area (Å²) in [7, 11) is 1.14. The summed E-state index contributed by atoms with van der Waals surface area (Å²) in [5.41, 5.74) is 2.31. The van der Waals surface area contributed by atoms with Crippen molar-refractivity contribution < 1.29 is 23.9 Å². The van der Waals surface area contributed by atoms with E-state index in [0.717, 1.165) is 12.1 Å². The molecule has 0 saturated carbocycles. The minimum Gasteiger partial charge on any atom is -0.466 e. The third kappa shape index (κ3) is 7.15. The molecule has 19 heavy (non-hydrogen) atoms. The van der Waals surface area contributed by atoms with Crippen LogP contribution in [0.5, 0.6) is 0 Å². The second-order valence-electron chi connectivity index (χ2n) is 3.30. The standard InChI is InChI=1S/C8H18N6O5/c1-18-7(16)5-19-8(17)14(11)4-6(15)13(10)3-2-12-9/h12H,2-5,9-11H2,1H3. The Hall–Kier alpha value is -1.95. The van der Waals surface area contributed by atoms with E-state index in [9.17, 15) is 14.4 Å². The fourth-order valence-corrected chi connectivity index (χ4v) is 0.873. The van der Waals surface area contributed by atoms with Crippen molar-refractivity contribution in [1.29, 1.82) is 0 Å². The maximum Gasteiger partial charge on any atom is 0.425 e. The minimum atomic E-state index is -1.05. The van der Waals surface area contributed by atoms with Crippen LogP contribution in [0.25, 0.3) is 0 Å². The van der Waals surface area contributed by atoms with Gasteiger partial charge < -0.3 is 9.47 Å². The molecule has 0 radical (unpaired) electrons. The Labute approximate surface area is 109 Å². The monoisotopic (exact) mass is 278 g/mol. The average molecular weight is 278 g/mol. The van der Waals surface area contributed by atoms with Gasteiger partial charge in [-0.15, -0.1) is 0 Å². The highest BCUT2D eigenvalue weighted by molar-refractivity contribution is 5.82. The lowest BCUT2D eigenvalue weighted by atomic mass is 10.5. The molecule has 11 nitrogen and oxygen atoms in total. The zero-order valence-electron chi connectivity index (χ0n) is 10.5. The quantitative estimate of drug-likeness (QED) is 0.161. The molecular weight excluding hydrogens is 260 g/mol. The van der Waals surface area contributed by atoms with Crippen molar-refractivity contribution in [3.63, 3.8) is 0 Å². The first kappa shape index (κ1) is 17.1. The maximum atomic E-state index is 11.5. The van der Waals surface area contributed by atoms with Crippen LogP contribution < -0.4 is 23.0 Å². The van der Waals surface area contributed by atoms with Gasteiger partial charge in [0, 0.05) is 6.54 Å². The lowest BCUT2D eigenvalue weighted by molar-refractivity contribution is -0.144. The van der Waals surface area contributed by atoms with Gasteiger partial charge in [-0.2, -0.15) is 0 Å².